The van der Waals surface area contributed by atoms with E-state index < -0.39 is 0 Å². The van der Waals surface area contributed by atoms with Crippen LogP contribution in [-0.4, -0.2) is 18.1 Å². The first-order valence-corrected chi connectivity index (χ1v) is 7.97. The highest BCUT2D eigenvalue weighted by Crippen LogP contribution is 2.34. The minimum Gasteiger partial charge on any atom is -0.370 e. The van der Waals surface area contributed by atoms with Gasteiger partial charge in [0.1, 0.15) is 0 Å². The van der Waals surface area contributed by atoms with E-state index in [1.165, 1.54) is 23.1 Å². The molecule has 0 radical (unpaired) electrons. The van der Waals surface area contributed by atoms with Crippen molar-refractivity contribution in [2.24, 2.45) is 0 Å². The van der Waals surface area contributed by atoms with Crippen LogP contribution in [-0.2, 0) is 0 Å². The van der Waals surface area contributed by atoms with Crippen molar-refractivity contribution in [2.45, 2.75) is 19.3 Å². The van der Waals surface area contributed by atoms with E-state index in [0.29, 0.717) is 5.92 Å². The van der Waals surface area contributed by atoms with Gasteiger partial charge in [-0.1, -0.05) is 48.5 Å². The SMILES string of the molecule is Cc1cc(N2CCC(c3ccccc3)C2)c2ccccc2n1. The number of anilines is 1. The van der Waals surface area contributed by atoms with Crippen molar-refractivity contribution in [1.82, 2.24) is 4.98 Å². The summed E-state index contributed by atoms with van der Waals surface area (Å²) in [6, 6.07) is 21.6. The highest BCUT2D eigenvalue weighted by atomic mass is 15.2. The van der Waals surface area contributed by atoms with Crippen LogP contribution >= 0.6 is 0 Å². The maximum absolute atomic E-state index is 4.66. The van der Waals surface area contributed by atoms with Crippen molar-refractivity contribution in [3.8, 4) is 0 Å². The van der Waals surface area contributed by atoms with E-state index in [0.717, 1.165) is 24.3 Å². The van der Waals surface area contributed by atoms with Gasteiger partial charge in [-0.25, -0.2) is 0 Å². The minimum atomic E-state index is 0.633. The van der Waals surface area contributed by atoms with Crippen molar-refractivity contribution < 1.29 is 0 Å². The fourth-order valence-corrected chi connectivity index (χ4v) is 3.52. The maximum atomic E-state index is 4.66. The van der Waals surface area contributed by atoms with E-state index in [1.54, 1.807) is 0 Å². The van der Waals surface area contributed by atoms with Gasteiger partial charge >= 0.3 is 0 Å². The summed E-state index contributed by atoms with van der Waals surface area (Å²) in [6.45, 7) is 4.30. The highest BCUT2D eigenvalue weighted by molar-refractivity contribution is 5.92. The van der Waals surface area contributed by atoms with Gasteiger partial charge in [0.05, 0.1) is 5.52 Å². The summed E-state index contributed by atoms with van der Waals surface area (Å²) in [5, 5.41) is 1.27. The van der Waals surface area contributed by atoms with Crippen LogP contribution in [0.5, 0.6) is 0 Å². The van der Waals surface area contributed by atoms with Gasteiger partial charge in [0.2, 0.25) is 0 Å². The van der Waals surface area contributed by atoms with Crippen LogP contribution in [0.2, 0.25) is 0 Å². The van der Waals surface area contributed by atoms with Gasteiger partial charge in [0, 0.05) is 35.8 Å². The summed E-state index contributed by atoms with van der Waals surface area (Å²) in [4.78, 5) is 7.18. The largest absolute Gasteiger partial charge is 0.370 e. The zero-order chi connectivity index (χ0) is 14.9. The van der Waals surface area contributed by atoms with Gasteiger partial charge < -0.3 is 4.90 Å². The molecule has 1 aromatic heterocycles. The summed E-state index contributed by atoms with van der Waals surface area (Å²) in [5.74, 6) is 0.633. The Morgan fingerprint density at radius 1 is 1.00 bits per heavy atom. The average molecular weight is 288 g/mol. The Bertz CT molecular complexity index is 795. The zero-order valence-electron chi connectivity index (χ0n) is 12.9. The predicted molar refractivity (Wildman–Crippen MR) is 92.5 cm³/mol. The molecule has 1 saturated heterocycles. The fraction of sp³-hybridized carbons (Fsp3) is 0.250. The normalized spacial score (nSPS) is 18.0. The molecule has 0 amide bonds. The number of nitrogens with zero attached hydrogens (tertiary/aromatic N) is 2. The quantitative estimate of drug-likeness (QED) is 0.688. The van der Waals surface area contributed by atoms with E-state index >= 15 is 0 Å². The summed E-state index contributed by atoms with van der Waals surface area (Å²) < 4.78 is 0. The van der Waals surface area contributed by atoms with Crippen LogP contribution in [0.1, 0.15) is 23.6 Å². The monoisotopic (exact) mass is 288 g/mol. The molecule has 0 saturated carbocycles. The number of pyridine rings is 1. The van der Waals surface area contributed by atoms with Gasteiger partial charge in [0.15, 0.2) is 0 Å². The molecular weight excluding hydrogens is 268 g/mol. The van der Waals surface area contributed by atoms with Crippen LogP contribution in [0.15, 0.2) is 60.7 Å². The Morgan fingerprint density at radius 2 is 1.77 bits per heavy atom. The molecular formula is C20H20N2. The molecule has 2 nitrogen and oxygen atoms in total. The van der Waals surface area contributed by atoms with Crippen molar-refractivity contribution in [3.63, 3.8) is 0 Å². The molecule has 3 aromatic rings. The average Bonchev–Trinajstić information content (AvgIpc) is 3.05. The number of aromatic nitrogens is 1. The molecule has 0 aliphatic carbocycles. The number of hydrogen-bond acceptors (Lipinski definition) is 2. The van der Waals surface area contributed by atoms with Crippen LogP contribution in [0.3, 0.4) is 0 Å². The van der Waals surface area contributed by atoms with Gasteiger partial charge in [-0.2, -0.15) is 0 Å². The van der Waals surface area contributed by atoms with Crippen molar-refractivity contribution in [2.75, 3.05) is 18.0 Å². The Labute approximate surface area is 131 Å². The van der Waals surface area contributed by atoms with Gasteiger partial charge in [-0.15, -0.1) is 0 Å². The Balaban J connectivity index is 1.69. The minimum absolute atomic E-state index is 0.633. The lowest BCUT2D eigenvalue weighted by atomic mass is 9.99. The van der Waals surface area contributed by atoms with Gasteiger partial charge in [-0.05, 0) is 31.0 Å². The molecule has 110 valence electrons. The molecule has 0 spiro atoms. The molecule has 4 rings (SSSR count). The van der Waals surface area contributed by atoms with Gasteiger partial charge in [-0.3, -0.25) is 4.98 Å². The molecule has 2 heteroatoms. The Morgan fingerprint density at radius 3 is 2.64 bits per heavy atom. The molecule has 1 fully saturated rings. The van der Waals surface area contributed by atoms with Crippen LogP contribution in [0.25, 0.3) is 10.9 Å². The predicted octanol–water partition coefficient (Wildman–Crippen LogP) is 4.54. The number of fused-ring (bicyclic) bond motifs is 1. The second kappa shape index (κ2) is 5.45. The Hall–Kier alpha value is -2.35. The summed E-state index contributed by atoms with van der Waals surface area (Å²) in [7, 11) is 0. The number of hydrogen-bond donors (Lipinski definition) is 0. The smallest absolute Gasteiger partial charge is 0.0726 e. The van der Waals surface area contributed by atoms with Crippen LogP contribution in [0, 0.1) is 6.92 Å². The summed E-state index contributed by atoms with van der Waals surface area (Å²) in [6.07, 6.45) is 1.22. The van der Waals surface area contributed by atoms with Gasteiger partial charge in [0.25, 0.3) is 0 Å². The number of rotatable bonds is 2. The third kappa shape index (κ3) is 2.35. The van der Waals surface area contributed by atoms with Crippen molar-refractivity contribution in [1.29, 1.82) is 0 Å². The first kappa shape index (κ1) is 13.3. The third-order valence-corrected chi connectivity index (χ3v) is 4.62. The number of para-hydroxylation sites is 1. The number of benzene rings is 2. The van der Waals surface area contributed by atoms with E-state index in [4.69, 9.17) is 0 Å². The molecule has 2 heterocycles. The second-order valence-corrected chi connectivity index (χ2v) is 6.14. The molecule has 1 aliphatic rings. The topological polar surface area (TPSA) is 16.1 Å². The van der Waals surface area contributed by atoms with E-state index in [9.17, 15) is 0 Å². The van der Waals surface area contributed by atoms with Crippen molar-refractivity contribution >= 4 is 16.6 Å². The van der Waals surface area contributed by atoms with Crippen LogP contribution < -0.4 is 4.90 Å². The maximum Gasteiger partial charge on any atom is 0.0726 e. The lowest BCUT2D eigenvalue weighted by molar-refractivity contribution is 0.775. The van der Waals surface area contributed by atoms with Crippen molar-refractivity contribution in [3.05, 3.63) is 71.9 Å². The molecule has 0 N–H and O–H groups in total. The zero-order valence-corrected chi connectivity index (χ0v) is 12.9. The standard InChI is InChI=1S/C20H20N2/c1-15-13-20(18-9-5-6-10-19(18)21-15)22-12-11-17(14-22)16-7-3-2-4-8-16/h2-10,13,17H,11-12,14H2,1H3. The molecule has 1 aliphatic heterocycles. The second-order valence-electron chi connectivity index (χ2n) is 6.14. The highest BCUT2D eigenvalue weighted by Gasteiger charge is 2.25. The van der Waals surface area contributed by atoms with E-state index in [-0.39, 0.29) is 0 Å². The van der Waals surface area contributed by atoms with E-state index in [1.807, 2.05) is 0 Å². The third-order valence-electron chi connectivity index (χ3n) is 4.62. The molecule has 0 bridgehead atoms. The molecule has 1 atom stereocenters. The lowest BCUT2D eigenvalue weighted by Crippen LogP contribution is -2.19. The fourth-order valence-electron chi connectivity index (χ4n) is 3.52. The summed E-state index contributed by atoms with van der Waals surface area (Å²) >= 11 is 0. The van der Waals surface area contributed by atoms with E-state index in [2.05, 4.69) is 77.5 Å². The Kier molecular flexibility index (Phi) is 3.30. The number of aryl methyl sites for hydroxylation is 1. The molecule has 1 unspecified atom stereocenters. The lowest BCUT2D eigenvalue weighted by Gasteiger charge is -2.21. The molecule has 2 aromatic carbocycles. The summed E-state index contributed by atoms with van der Waals surface area (Å²) in [5.41, 5.74) is 4.99. The molecule has 22 heavy (non-hydrogen) atoms. The van der Waals surface area contributed by atoms with Crippen LogP contribution in [0.4, 0.5) is 5.69 Å². The first-order valence-electron chi connectivity index (χ1n) is 7.97. The first-order chi connectivity index (χ1) is 10.8.